The number of rotatable bonds is 3. The summed E-state index contributed by atoms with van der Waals surface area (Å²) in [5.74, 6) is -0.235. The molecule has 1 amide bonds. The van der Waals surface area contributed by atoms with Crippen molar-refractivity contribution in [2.24, 2.45) is 0 Å². The molecule has 1 atom stereocenters. The van der Waals surface area contributed by atoms with Gasteiger partial charge in [0.1, 0.15) is 11.8 Å². The highest BCUT2D eigenvalue weighted by Gasteiger charge is 2.15. The van der Waals surface area contributed by atoms with Crippen LogP contribution in [0.4, 0.5) is 0 Å². The zero-order chi connectivity index (χ0) is 12.8. The van der Waals surface area contributed by atoms with Crippen LogP contribution in [-0.4, -0.2) is 43.4 Å². The van der Waals surface area contributed by atoms with Crippen LogP contribution < -0.4 is 5.32 Å². The van der Waals surface area contributed by atoms with Crippen LogP contribution in [0.1, 0.15) is 16.1 Å². The van der Waals surface area contributed by atoms with Gasteiger partial charge in [0, 0.05) is 12.7 Å². The molecular formula is C12H13N3O3. The summed E-state index contributed by atoms with van der Waals surface area (Å²) in [6.45, 7) is 2.05. The molecule has 6 nitrogen and oxygen atoms in total. The first-order valence-corrected chi connectivity index (χ1v) is 5.63. The number of ether oxygens (including phenoxy) is 2. The fourth-order valence-corrected chi connectivity index (χ4v) is 1.56. The molecule has 2 rings (SSSR count). The Morgan fingerprint density at radius 3 is 3.06 bits per heavy atom. The van der Waals surface area contributed by atoms with Crippen LogP contribution >= 0.6 is 0 Å². The maximum Gasteiger partial charge on any atom is 0.252 e. The molecule has 1 aliphatic rings. The highest BCUT2D eigenvalue weighted by Crippen LogP contribution is 2.02. The van der Waals surface area contributed by atoms with Crippen molar-refractivity contribution in [3.8, 4) is 6.07 Å². The average molecular weight is 247 g/mol. The van der Waals surface area contributed by atoms with E-state index in [2.05, 4.69) is 10.3 Å². The Hall–Kier alpha value is -1.97. The van der Waals surface area contributed by atoms with Crippen LogP contribution in [0.15, 0.2) is 18.3 Å². The number of nitrogens with zero attached hydrogens (tertiary/aromatic N) is 2. The van der Waals surface area contributed by atoms with Crippen LogP contribution in [0, 0.1) is 11.3 Å². The lowest BCUT2D eigenvalue weighted by Gasteiger charge is -2.23. The lowest BCUT2D eigenvalue weighted by atomic mass is 10.2. The van der Waals surface area contributed by atoms with Gasteiger partial charge in [-0.15, -0.1) is 0 Å². The van der Waals surface area contributed by atoms with E-state index in [1.807, 2.05) is 6.07 Å². The predicted octanol–water partition coefficient (Wildman–Crippen LogP) is 0.0985. The summed E-state index contributed by atoms with van der Waals surface area (Å²) in [5.41, 5.74) is 0.710. The highest BCUT2D eigenvalue weighted by atomic mass is 16.6. The van der Waals surface area contributed by atoms with Gasteiger partial charge < -0.3 is 14.8 Å². The Morgan fingerprint density at radius 1 is 1.56 bits per heavy atom. The van der Waals surface area contributed by atoms with Gasteiger partial charge >= 0.3 is 0 Å². The number of carbonyl (C=O) groups is 1. The predicted molar refractivity (Wildman–Crippen MR) is 61.8 cm³/mol. The molecule has 1 N–H and O–H groups in total. The smallest absolute Gasteiger partial charge is 0.252 e. The lowest BCUT2D eigenvalue weighted by Crippen LogP contribution is -2.39. The maximum atomic E-state index is 11.8. The molecule has 0 aromatic carbocycles. The molecule has 1 saturated heterocycles. The molecule has 2 heterocycles. The number of pyridine rings is 1. The van der Waals surface area contributed by atoms with Crippen LogP contribution in [0.25, 0.3) is 0 Å². The van der Waals surface area contributed by atoms with Gasteiger partial charge in [0.05, 0.1) is 31.5 Å². The van der Waals surface area contributed by atoms with Gasteiger partial charge in [-0.05, 0) is 12.1 Å². The van der Waals surface area contributed by atoms with Crippen LogP contribution in [0.5, 0.6) is 0 Å². The molecule has 18 heavy (non-hydrogen) atoms. The first kappa shape index (κ1) is 12.5. The van der Waals surface area contributed by atoms with Gasteiger partial charge in [-0.3, -0.25) is 4.79 Å². The number of amides is 1. The van der Waals surface area contributed by atoms with Crippen molar-refractivity contribution in [2.45, 2.75) is 6.10 Å². The minimum atomic E-state index is -0.235. The standard InChI is InChI=1S/C12H13N3O3/c13-5-10-2-1-9(6-14-10)12(16)15-7-11-8-17-3-4-18-11/h1-2,6,11H,3-4,7-8H2,(H,15,16)/t11-/m1/s1. The summed E-state index contributed by atoms with van der Waals surface area (Å²) in [7, 11) is 0. The zero-order valence-corrected chi connectivity index (χ0v) is 9.76. The van der Waals surface area contributed by atoms with E-state index in [1.54, 1.807) is 6.07 Å². The third-order valence-electron chi connectivity index (χ3n) is 2.52. The minimum absolute atomic E-state index is 0.103. The van der Waals surface area contributed by atoms with E-state index in [1.165, 1.54) is 12.3 Å². The summed E-state index contributed by atoms with van der Waals surface area (Å²) in [4.78, 5) is 15.6. The Morgan fingerprint density at radius 2 is 2.44 bits per heavy atom. The Labute approximate surface area is 105 Å². The van der Waals surface area contributed by atoms with E-state index in [0.717, 1.165) is 0 Å². The van der Waals surface area contributed by atoms with E-state index in [0.29, 0.717) is 31.9 Å². The second-order valence-corrected chi connectivity index (χ2v) is 3.82. The molecule has 0 saturated carbocycles. The van der Waals surface area contributed by atoms with Crippen molar-refractivity contribution in [2.75, 3.05) is 26.4 Å². The van der Waals surface area contributed by atoms with Crippen LogP contribution in [-0.2, 0) is 9.47 Å². The molecule has 0 aliphatic carbocycles. The van der Waals surface area contributed by atoms with Crippen molar-refractivity contribution >= 4 is 5.91 Å². The molecule has 1 aromatic heterocycles. The monoisotopic (exact) mass is 247 g/mol. The van der Waals surface area contributed by atoms with Gasteiger partial charge in [0.25, 0.3) is 5.91 Å². The normalized spacial score (nSPS) is 18.9. The molecule has 6 heteroatoms. The number of hydrogen-bond donors (Lipinski definition) is 1. The maximum absolute atomic E-state index is 11.8. The number of carbonyl (C=O) groups excluding carboxylic acids is 1. The summed E-state index contributed by atoms with van der Waals surface area (Å²) in [6.07, 6.45) is 1.28. The average Bonchev–Trinajstić information content (AvgIpc) is 2.46. The number of nitrogens with one attached hydrogen (secondary N) is 1. The molecule has 0 spiro atoms. The fraction of sp³-hybridized carbons (Fsp3) is 0.417. The quantitative estimate of drug-likeness (QED) is 0.818. The zero-order valence-electron chi connectivity index (χ0n) is 9.76. The van der Waals surface area contributed by atoms with Gasteiger partial charge in [0.2, 0.25) is 0 Å². The highest BCUT2D eigenvalue weighted by molar-refractivity contribution is 5.93. The third kappa shape index (κ3) is 3.26. The Bertz CT molecular complexity index is 447. The topological polar surface area (TPSA) is 84.2 Å². The molecule has 0 unspecified atom stereocenters. The largest absolute Gasteiger partial charge is 0.376 e. The van der Waals surface area contributed by atoms with Crippen molar-refractivity contribution < 1.29 is 14.3 Å². The lowest BCUT2D eigenvalue weighted by molar-refractivity contribution is -0.0855. The van der Waals surface area contributed by atoms with Crippen LogP contribution in [0.2, 0.25) is 0 Å². The second-order valence-electron chi connectivity index (χ2n) is 3.82. The van der Waals surface area contributed by atoms with Gasteiger partial charge in [0.15, 0.2) is 0 Å². The second kappa shape index (κ2) is 6.10. The molecule has 0 radical (unpaired) electrons. The number of aromatic nitrogens is 1. The number of nitriles is 1. The molecule has 1 fully saturated rings. The van der Waals surface area contributed by atoms with Gasteiger partial charge in [-0.1, -0.05) is 0 Å². The molecule has 1 aliphatic heterocycles. The number of hydrogen-bond acceptors (Lipinski definition) is 5. The van der Waals surface area contributed by atoms with Gasteiger partial charge in [-0.2, -0.15) is 5.26 Å². The van der Waals surface area contributed by atoms with E-state index in [9.17, 15) is 4.79 Å². The summed E-state index contributed by atoms with van der Waals surface area (Å²) in [5, 5.41) is 11.3. The molecular weight excluding hydrogens is 234 g/mol. The van der Waals surface area contributed by atoms with Crippen LogP contribution in [0.3, 0.4) is 0 Å². The fourth-order valence-electron chi connectivity index (χ4n) is 1.56. The minimum Gasteiger partial charge on any atom is -0.376 e. The van der Waals surface area contributed by atoms with Gasteiger partial charge in [-0.25, -0.2) is 4.98 Å². The van der Waals surface area contributed by atoms with E-state index in [4.69, 9.17) is 14.7 Å². The first-order chi connectivity index (χ1) is 8.79. The molecule has 0 bridgehead atoms. The summed E-state index contributed by atoms with van der Waals surface area (Å²) >= 11 is 0. The molecule has 1 aromatic rings. The summed E-state index contributed by atoms with van der Waals surface area (Å²) < 4.78 is 10.6. The van der Waals surface area contributed by atoms with Crippen molar-refractivity contribution in [3.05, 3.63) is 29.6 Å². The first-order valence-electron chi connectivity index (χ1n) is 5.63. The Balaban J connectivity index is 1.85. The molecule has 94 valence electrons. The third-order valence-corrected chi connectivity index (χ3v) is 2.52. The SMILES string of the molecule is N#Cc1ccc(C(=O)NC[C@@H]2COCCO2)cn1. The Kier molecular flexibility index (Phi) is 4.23. The van der Waals surface area contributed by atoms with Crippen molar-refractivity contribution in [1.82, 2.24) is 10.3 Å². The van der Waals surface area contributed by atoms with E-state index < -0.39 is 0 Å². The van der Waals surface area contributed by atoms with E-state index in [-0.39, 0.29) is 17.7 Å². The van der Waals surface area contributed by atoms with Crippen molar-refractivity contribution in [1.29, 1.82) is 5.26 Å². The summed E-state index contributed by atoms with van der Waals surface area (Å²) in [6, 6.07) is 4.98. The van der Waals surface area contributed by atoms with Crippen molar-refractivity contribution in [3.63, 3.8) is 0 Å². The van der Waals surface area contributed by atoms with E-state index >= 15 is 0 Å².